The number of amides is 1. The van der Waals surface area contributed by atoms with Gasteiger partial charge in [-0.05, 0) is 37.1 Å². The minimum atomic E-state index is -0.403. The zero-order valence-electron chi connectivity index (χ0n) is 13.3. The van der Waals surface area contributed by atoms with Crippen molar-refractivity contribution >= 4 is 21.8 Å². The standard InChI is InChI=1S/C17H20BrN3O2/c1-12-19-6-9-21(12)8-3-7-20(2)17(22)16-11-13-10-14(18)4-5-15(13)23-16/h4-6,9-10,16H,3,7-8,11H2,1-2H3. The molecule has 1 atom stereocenters. The van der Waals surface area contributed by atoms with Gasteiger partial charge in [0, 0.05) is 43.4 Å². The summed E-state index contributed by atoms with van der Waals surface area (Å²) in [6, 6.07) is 5.86. The lowest BCUT2D eigenvalue weighted by atomic mass is 10.1. The topological polar surface area (TPSA) is 47.4 Å². The molecule has 3 rings (SSSR count). The third-order valence-corrected chi connectivity index (χ3v) is 4.66. The Balaban J connectivity index is 1.51. The molecule has 2 heterocycles. The summed E-state index contributed by atoms with van der Waals surface area (Å²) in [5, 5.41) is 0. The molecule has 1 aliphatic heterocycles. The normalized spacial score (nSPS) is 16.0. The molecule has 0 spiro atoms. The first-order chi connectivity index (χ1) is 11.0. The fourth-order valence-electron chi connectivity index (χ4n) is 2.83. The van der Waals surface area contributed by atoms with Crippen molar-refractivity contribution in [2.75, 3.05) is 13.6 Å². The van der Waals surface area contributed by atoms with Crippen LogP contribution in [0, 0.1) is 6.92 Å². The molecule has 5 nitrogen and oxygen atoms in total. The second kappa shape index (κ2) is 6.74. The first kappa shape index (κ1) is 16.1. The van der Waals surface area contributed by atoms with Crippen molar-refractivity contribution in [2.24, 2.45) is 0 Å². The van der Waals surface area contributed by atoms with Crippen LogP contribution in [0.1, 0.15) is 17.8 Å². The Hall–Kier alpha value is -1.82. The van der Waals surface area contributed by atoms with Crippen molar-refractivity contribution < 1.29 is 9.53 Å². The van der Waals surface area contributed by atoms with E-state index in [0.717, 1.165) is 34.6 Å². The molecule has 0 bridgehead atoms. The summed E-state index contributed by atoms with van der Waals surface area (Å²) in [4.78, 5) is 18.5. The molecule has 1 aliphatic rings. The molecule has 1 aromatic heterocycles. The third-order valence-electron chi connectivity index (χ3n) is 4.16. The smallest absolute Gasteiger partial charge is 0.263 e. The zero-order chi connectivity index (χ0) is 16.4. The lowest BCUT2D eigenvalue weighted by molar-refractivity contribution is -0.136. The van der Waals surface area contributed by atoms with E-state index in [-0.39, 0.29) is 5.91 Å². The number of ether oxygens (including phenoxy) is 1. The second-order valence-electron chi connectivity index (χ2n) is 5.84. The van der Waals surface area contributed by atoms with Gasteiger partial charge in [0.2, 0.25) is 0 Å². The van der Waals surface area contributed by atoms with Crippen molar-refractivity contribution in [1.82, 2.24) is 14.5 Å². The van der Waals surface area contributed by atoms with Crippen LogP contribution in [0.5, 0.6) is 5.75 Å². The number of fused-ring (bicyclic) bond motifs is 1. The molecule has 0 radical (unpaired) electrons. The molecule has 0 aliphatic carbocycles. The van der Waals surface area contributed by atoms with Crippen LogP contribution in [0.25, 0.3) is 0 Å². The number of aromatic nitrogens is 2. The number of halogens is 1. The van der Waals surface area contributed by atoms with Gasteiger partial charge in [0.1, 0.15) is 11.6 Å². The highest BCUT2D eigenvalue weighted by Gasteiger charge is 2.31. The van der Waals surface area contributed by atoms with Gasteiger partial charge in [-0.3, -0.25) is 4.79 Å². The maximum absolute atomic E-state index is 12.5. The first-order valence-corrected chi connectivity index (χ1v) is 8.51. The fraction of sp³-hybridized carbons (Fsp3) is 0.412. The summed E-state index contributed by atoms with van der Waals surface area (Å²) >= 11 is 3.45. The van der Waals surface area contributed by atoms with Crippen LogP contribution < -0.4 is 4.74 Å². The number of aryl methyl sites for hydroxylation is 2. The van der Waals surface area contributed by atoms with Crippen LogP contribution in [0.4, 0.5) is 0 Å². The van der Waals surface area contributed by atoms with Gasteiger partial charge in [0.25, 0.3) is 5.91 Å². The molecule has 6 heteroatoms. The fourth-order valence-corrected chi connectivity index (χ4v) is 3.24. The molecule has 1 aromatic carbocycles. The Morgan fingerprint density at radius 1 is 1.52 bits per heavy atom. The van der Waals surface area contributed by atoms with Gasteiger partial charge in [-0.1, -0.05) is 15.9 Å². The quantitative estimate of drug-likeness (QED) is 0.804. The van der Waals surface area contributed by atoms with Crippen LogP contribution in [-0.4, -0.2) is 40.1 Å². The molecular formula is C17H20BrN3O2. The van der Waals surface area contributed by atoms with Crippen LogP contribution >= 0.6 is 15.9 Å². The molecule has 0 N–H and O–H groups in total. The summed E-state index contributed by atoms with van der Waals surface area (Å²) in [5.41, 5.74) is 1.08. The highest BCUT2D eigenvalue weighted by atomic mass is 79.9. The number of imidazole rings is 1. The summed E-state index contributed by atoms with van der Waals surface area (Å²) in [5.74, 6) is 1.85. The van der Waals surface area contributed by atoms with Crippen LogP contribution in [0.3, 0.4) is 0 Å². The monoisotopic (exact) mass is 377 g/mol. The van der Waals surface area contributed by atoms with Gasteiger partial charge < -0.3 is 14.2 Å². The molecule has 122 valence electrons. The minimum Gasteiger partial charge on any atom is -0.480 e. The predicted molar refractivity (Wildman–Crippen MR) is 91.5 cm³/mol. The number of hydrogen-bond acceptors (Lipinski definition) is 3. The average Bonchev–Trinajstić information content (AvgIpc) is 3.12. The molecule has 23 heavy (non-hydrogen) atoms. The maximum Gasteiger partial charge on any atom is 0.263 e. The van der Waals surface area contributed by atoms with Gasteiger partial charge in [0.05, 0.1) is 0 Å². The van der Waals surface area contributed by atoms with Gasteiger partial charge >= 0.3 is 0 Å². The third kappa shape index (κ3) is 3.58. The Morgan fingerprint density at radius 3 is 3.09 bits per heavy atom. The Morgan fingerprint density at radius 2 is 2.35 bits per heavy atom. The molecule has 1 amide bonds. The van der Waals surface area contributed by atoms with Crippen molar-refractivity contribution in [3.05, 3.63) is 46.5 Å². The van der Waals surface area contributed by atoms with E-state index < -0.39 is 6.10 Å². The molecule has 2 aromatic rings. The van der Waals surface area contributed by atoms with Crippen molar-refractivity contribution in [2.45, 2.75) is 32.4 Å². The van der Waals surface area contributed by atoms with E-state index in [1.54, 1.807) is 11.1 Å². The summed E-state index contributed by atoms with van der Waals surface area (Å²) < 4.78 is 8.90. The van der Waals surface area contributed by atoms with E-state index in [0.29, 0.717) is 13.0 Å². The highest BCUT2D eigenvalue weighted by Crippen LogP contribution is 2.31. The average molecular weight is 378 g/mol. The number of likely N-dealkylation sites (N-methyl/N-ethyl adjacent to an activating group) is 1. The summed E-state index contributed by atoms with van der Waals surface area (Å²) in [7, 11) is 1.84. The maximum atomic E-state index is 12.5. The summed E-state index contributed by atoms with van der Waals surface area (Å²) in [6.45, 7) is 3.55. The van der Waals surface area contributed by atoms with E-state index in [4.69, 9.17) is 4.74 Å². The van der Waals surface area contributed by atoms with Crippen molar-refractivity contribution in [1.29, 1.82) is 0 Å². The van der Waals surface area contributed by atoms with E-state index in [1.165, 1.54) is 0 Å². The van der Waals surface area contributed by atoms with E-state index in [2.05, 4.69) is 25.5 Å². The number of carbonyl (C=O) groups excluding carboxylic acids is 1. The Labute approximate surface area is 144 Å². The largest absolute Gasteiger partial charge is 0.480 e. The lowest BCUT2D eigenvalue weighted by Gasteiger charge is -2.21. The number of rotatable bonds is 5. The van der Waals surface area contributed by atoms with Crippen LogP contribution in [-0.2, 0) is 17.8 Å². The van der Waals surface area contributed by atoms with Crippen molar-refractivity contribution in [3.8, 4) is 5.75 Å². The second-order valence-corrected chi connectivity index (χ2v) is 6.76. The number of hydrogen-bond donors (Lipinski definition) is 0. The molecular weight excluding hydrogens is 358 g/mol. The minimum absolute atomic E-state index is 0.0414. The van der Waals surface area contributed by atoms with Crippen molar-refractivity contribution in [3.63, 3.8) is 0 Å². The predicted octanol–water partition coefficient (Wildman–Crippen LogP) is 2.81. The van der Waals surface area contributed by atoms with Gasteiger partial charge in [-0.2, -0.15) is 0 Å². The number of carbonyl (C=O) groups is 1. The zero-order valence-corrected chi connectivity index (χ0v) is 14.9. The van der Waals surface area contributed by atoms with Gasteiger partial charge in [-0.15, -0.1) is 0 Å². The highest BCUT2D eigenvalue weighted by molar-refractivity contribution is 9.10. The van der Waals surface area contributed by atoms with Crippen LogP contribution in [0.2, 0.25) is 0 Å². The SMILES string of the molecule is Cc1nccn1CCCN(C)C(=O)C1Cc2cc(Br)ccc2O1. The molecule has 0 fully saturated rings. The number of nitrogens with zero attached hydrogens (tertiary/aromatic N) is 3. The number of benzene rings is 1. The molecule has 0 saturated heterocycles. The Kier molecular flexibility index (Phi) is 4.71. The summed E-state index contributed by atoms with van der Waals surface area (Å²) in [6.07, 6.45) is 4.89. The molecule has 1 unspecified atom stereocenters. The van der Waals surface area contributed by atoms with E-state index in [9.17, 15) is 4.79 Å². The Bertz CT molecular complexity index is 714. The van der Waals surface area contributed by atoms with Crippen LogP contribution in [0.15, 0.2) is 35.1 Å². The first-order valence-electron chi connectivity index (χ1n) is 7.72. The van der Waals surface area contributed by atoms with Gasteiger partial charge in [-0.25, -0.2) is 4.98 Å². The lowest BCUT2D eigenvalue weighted by Crippen LogP contribution is -2.39. The van der Waals surface area contributed by atoms with Gasteiger partial charge in [0.15, 0.2) is 6.10 Å². The molecule has 0 saturated carbocycles. The van der Waals surface area contributed by atoms with E-state index >= 15 is 0 Å². The van der Waals surface area contributed by atoms with E-state index in [1.807, 2.05) is 38.4 Å².